The molecule has 0 radical (unpaired) electrons. The van der Waals surface area contributed by atoms with Crippen molar-refractivity contribution in [1.82, 2.24) is 0 Å². The zero-order valence-corrected chi connectivity index (χ0v) is 6.60. The molecule has 0 aromatic rings. The summed E-state index contributed by atoms with van der Waals surface area (Å²) in [5.41, 5.74) is 0. The number of aliphatic hydroxyl groups excluding tert-OH is 1. The van der Waals surface area contributed by atoms with Crippen LogP contribution in [0.2, 0.25) is 0 Å². The van der Waals surface area contributed by atoms with Crippen molar-refractivity contribution in [2.45, 2.75) is 40.7 Å². The molecule has 0 spiro atoms. The van der Waals surface area contributed by atoms with E-state index in [0.29, 0.717) is 0 Å². The second kappa shape index (κ2) is 6.96. The first-order chi connectivity index (χ1) is 3.46. The second-order valence-corrected chi connectivity index (χ2v) is 2.83. The number of rotatable bonds is 0. The van der Waals surface area contributed by atoms with Crippen molar-refractivity contribution >= 4 is 0 Å². The molecule has 0 aliphatic rings. The topological polar surface area (TPSA) is 20.2 Å². The molecule has 1 nitrogen and oxygen atoms in total. The lowest BCUT2D eigenvalue weighted by molar-refractivity contribution is 0.216. The maximum atomic E-state index is 8.06. The van der Waals surface area contributed by atoms with Gasteiger partial charge in [-0.15, -0.1) is 0 Å². The molecule has 0 amide bonds. The molecule has 0 saturated heterocycles. The maximum Gasteiger partial charge on any atom is 0.0483 e. The van der Waals surface area contributed by atoms with Crippen LogP contribution >= 0.6 is 0 Å². The molecule has 0 aliphatic heterocycles. The summed E-state index contributed by atoms with van der Waals surface area (Å²) < 4.78 is 0. The first kappa shape index (κ1) is 10.9. The number of aliphatic hydroxyl groups is 1. The molecule has 0 aliphatic carbocycles. The summed E-state index contributed by atoms with van der Waals surface area (Å²) in [6.07, 6.45) is -0.167. The predicted molar refractivity (Wildman–Crippen MR) is 37.9 cm³/mol. The summed E-state index contributed by atoms with van der Waals surface area (Å²) in [4.78, 5) is 0. The minimum absolute atomic E-state index is 0.167. The fourth-order valence-corrected chi connectivity index (χ4v) is 0. The van der Waals surface area contributed by atoms with Crippen molar-refractivity contribution < 1.29 is 5.11 Å². The van der Waals surface area contributed by atoms with Crippen molar-refractivity contribution in [2.24, 2.45) is 5.92 Å². The Hall–Kier alpha value is -0.0400. The third kappa shape index (κ3) is 91600. The van der Waals surface area contributed by atoms with Gasteiger partial charge in [0.15, 0.2) is 0 Å². The van der Waals surface area contributed by atoms with Gasteiger partial charge < -0.3 is 5.11 Å². The third-order valence-electron chi connectivity index (χ3n) is 0. The van der Waals surface area contributed by atoms with Gasteiger partial charge in [0.05, 0.1) is 0 Å². The molecule has 0 aromatic carbocycles. The van der Waals surface area contributed by atoms with Crippen LogP contribution in [0.25, 0.3) is 0 Å². The van der Waals surface area contributed by atoms with Crippen molar-refractivity contribution in [3.8, 4) is 0 Å². The monoisotopic (exact) mass is 118 g/mol. The van der Waals surface area contributed by atoms with Crippen LogP contribution in [-0.4, -0.2) is 11.2 Å². The van der Waals surface area contributed by atoms with Gasteiger partial charge in [0.1, 0.15) is 0 Å². The molecule has 8 heavy (non-hydrogen) atoms. The van der Waals surface area contributed by atoms with E-state index in [1.807, 2.05) is 0 Å². The molecule has 0 saturated carbocycles. The van der Waals surface area contributed by atoms with E-state index >= 15 is 0 Å². The van der Waals surface area contributed by atoms with Crippen LogP contribution in [0.15, 0.2) is 0 Å². The van der Waals surface area contributed by atoms with Crippen molar-refractivity contribution in [3.05, 3.63) is 0 Å². The molecular formula is C7H18O. The van der Waals surface area contributed by atoms with Gasteiger partial charge in [0.25, 0.3) is 0 Å². The molecule has 0 aromatic heterocycles. The third-order valence-corrected chi connectivity index (χ3v) is 0. The summed E-state index contributed by atoms with van der Waals surface area (Å²) >= 11 is 0. The minimum Gasteiger partial charge on any atom is -0.394 e. The fraction of sp³-hybridized carbons (Fsp3) is 1.00. The standard InChI is InChI=1S/C4H10.C3H8O/c1-4(2)3;1-3(2)4/h4H,1-3H3;3-4H,1-2H3. The Morgan fingerprint density at radius 1 is 0.875 bits per heavy atom. The van der Waals surface area contributed by atoms with Crippen LogP contribution in [0.5, 0.6) is 0 Å². The molecule has 1 heteroatoms. The summed E-state index contributed by atoms with van der Waals surface area (Å²) in [7, 11) is 0. The van der Waals surface area contributed by atoms with Gasteiger partial charge in [-0.3, -0.25) is 0 Å². The Morgan fingerprint density at radius 3 is 0.875 bits per heavy atom. The SMILES string of the molecule is CC(C)C.CC(C)O. The molecule has 0 bridgehead atoms. The Labute approximate surface area is 52.7 Å². The van der Waals surface area contributed by atoms with E-state index in [4.69, 9.17) is 5.11 Å². The normalized spacial score (nSPS) is 9.00. The lowest BCUT2D eigenvalue weighted by Crippen LogP contribution is -1.85. The smallest absolute Gasteiger partial charge is 0.0483 e. The maximum absolute atomic E-state index is 8.06. The predicted octanol–water partition coefficient (Wildman–Crippen LogP) is 2.05. The molecule has 1 N–H and O–H groups in total. The average molecular weight is 118 g/mol. The highest BCUT2D eigenvalue weighted by atomic mass is 16.3. The summed E-state index contributed by atoms with van der Waals surface area (Å²) in [6, 6.07) is 0. The van der Waals surface area contributed by atoms with Crippen molar-refractivity contribution in [1.29, 1.82) is 0 Å². The van der Waals surface area contributed by atoms with E-state index in [2.05, 4.69) is 20.8 Å². The molecule has 0 atom stereocenters. The van der Waals surface area contributed by atoms with Crippen molar-refractivity contribution in [3.63, 3.8) is 0 Å². The summed E-state index contributed by atoms with van der Waals surface area (Å²) in [5, 5.41) is 8.06. The van der Waals surface area contributed by atoms with Crippen LogP contribution < -0.4 is 0 Å². The van der Waals surface area contributed by atoms with Gasteiger partial charge in [-0.2, -0.15) is 0 Å². The lowest BCUT2D eigenvalue weighted by Gasteiger charge is -1.80. The average Bonchev–Trinajstić information content (AvgIpc) is 1.25. The van der Waals surface area contributed by atoms with Crippen molar-refractivity contribution in [2.75, 3.05) is 0 Å². The van der Waals surface area contributed by atoms with Gasteiger partial charge in [0, 0.05) is 6.10 Å². The second-order valence-electron chi connectivity index (χ2n) is 2.83. The number of hydrogen-bond donors (Lipinski definition) is 1. The highest BCUT2D eigenvalue weighted by Crippen LogP contribution is 1.81. The largest absolute Gasteiger partial charge is 0.394 e. The zero-order valence-electron chi connectivity index (χ0n) is 6.60. The highest BCUT2D eigenvalue weighted by Gasteiger charge is 1.69. The Kier molecular flexibility index (Phi) is 9.44. The molecule has 0 rings (SSSR count). The van der Waals surface area contributed by atoms with E-state index in [1.54, 1.807) is 13.8 Å². The van der Waals surface area contributed by atoms with Gasteiger partial charge in [-0.05, 0) is 19.8 Å². The van der Waals surface area contributed by atoms with E-state index < -0.39 is 0 Å². The summed E-state index contributed by atoms with van der Waals surface area (Å²) in [6.45, 7) is 9.94. The van der Waals surface area contributed by atoms with E-state index in [-0.39, 0.29) is 6.10 Å². The van der Waals surface area contributed by atoms with Crippen LogP contribution in [0.3, 0.4) is 0 Å². The van der Waals surface area contributed by atoms with Crippen LogP contribution in [0.1, 0.15) is 34.6 Å². The quantitative estimate of drug-likeness (QED) is 0.516. The van der Waals surface area contributed by atoms with E-state index in [1.165, 1.54) is 0 Å². The molecule has 0 fully saturated rings. The fourth-order valence-electron chi connectivity index (χ4n) is 0. The Balaban J connectivity index is 0. The van der Waals surface area contributed by atoms with E-state index in [9.17, 15) is 0 Å². The highest BCUT2D eigenvalue weighted by molar-refractivity contribution is 4.21. The van der Waals surface area contributed by atoms with Gasteiger partial charge >= 0.3 is 0 Å². The first-order valence-electron chi connectivity index (χ1n) is 3.14. The Morgan fingerprint density at radius 2 is 0.875 bits per heavy atom. The van der Waals surface area contributed by atoms with E-state index in [0.717, 1.165) is 5.92 Å². The van der Waals surface area contributed by atoms with Gasteiger partial charge in [-0.25, -0.2) is 0 Å². The van der Waals surface area contributed by atoms with Crippen LogP contribution in [-0.2, 0) is 0 Å². The van der Waals surface area contributed by atoms with Crippen LogP contribution in [0.4, 0.5) is 0 Å². The van der Waals surface area contributed by atoms with Gasteiger partial charge in [-0.1, -0.05) is 20.8 Å². The van der Waals surface area contributed by atoms with Gasteiger partial charge in [0.2, 0.25) is 0 Å². The zero-order chi connectivity index (χ0) is 7.15. The Bertz CT molecular complexity index is 19.9. The van der Waals surface area contributed by atoms with Crippen LogP contribution in [0, 0.1) is 5.92 Å². The first-order valence-corrected chi connectivity index (χ1v) is 3.14. The molecule has 0 heterocycles. The number of hydrogen-bond acceptors (Lipinski definition) is 1. The minimum atomic E-state index is -0.167. The molecule has 0 unspecified atom stereocenters. The molecule has 52 valence electrons. The summed E-state index contributed by atoms with van der Waals surface area (Å²) in [5.74, 6) is 0.833. The molecular weight excluding hydrogens is 100 g/mol. The lowest BCUT2D eigenvalue weighted by atomic mass is 10.3.